The number of benzene rings is 10. The monoisotopic (exact) mass is 1880 g/mol. The Morgan fingerprint density at radius 3 is 0.948 bits per heavy atom. The summed E-state index contributed by atoms with van der Waals surface area (Å²) < 4.78 is 74.3. The predicted octanol–water partition coefficient (Wildman–Crippen LogP) is 3.75. The lowest BCUT2D eigenvalue weighted by Gasteiger charge is -2.44. The fourth-order valence-corrected chi connectivity index (χ4v) is 13.2. The molecule has 0 saturated carbocycles. The molecular weight excluding hydrogens is 1820 g/mol. The molecular formula is C82H60O52. The molecule has 0 aliphatic carbocycles. The highest BCUT2D eigenvalue weighted by Gasteiger charge is 2.58. The summed E-state index contributed by atoms with van der Waals surface area (Å²) in [5.74, 6) is -64.7. The van der Waals surface area contributed by atoms with Crippen LogP contribution in [0.2, 0.25) is 0 Å². The second-order valence-corrected chi connectivity index (χ2v) is 28.4. The lowest BCUT2D eigenvalue weighted by Crippen LogP contribution is -2.63. The second kappa shape index (κ2) is 35.6. The van der Waals surface area contributed by atoms with Crippen molar-refractivity contribution in [1.29, 1.82) is 0 Å². The number of hydrogen-bond acceptors (Lipinski definition) is 52. The van der Waals surface area contributed by atoms with Gasteiger partial charge in [0.25, 0.3) is 0 Å². The van der Waals surface area contributed by atoms with Crippen LogP contribution in [0.3, 0.4) is 0 Å². The number of fused-ring (bicyclic) bond motifs is 4. The van der Waals surface area contributed by atoms with Gasteiger partial charge in [0.2, 0.25) is 47.8 Å². The number of carbonyl (C=O) groups excluding carboxylic acids is 10. The fraction of sp³-hybridized carbons (Fsp3) is 0.146. The molecule has 700 valence electrons. The van der Waals surface area contributed by atoms with Gasteiger partial charge >= 0.3 is 59.7 Å². The molecule has 0 amide bonds. The van der Waals surface area contributed by atoms with Crippen molar-refractivity contribution in [2.75, 3.05) is 13.2 Å². The molecule has 3 aliphatic rings. The number of aromatic hydroxyl groups is 29. The van der Waals surface area contributed by atoms with Gasteiger partial charge in [0.15, 0.2) is 180 Å². The molecule has 10 atom stereocenters. The third-order valence-electron chi connectivity index (χ3n) is 19.8. The first-order chi connectivity index (χ1) is 63.0. The maximum absolute atomic E-state index is 15.9. The van der Waals surface area contributed by atoms with Gasteiger partial charge in [-0.3, -0.25) is 0 Å². The maximum Gasteiger partial charge on any atom is 0.342 e. The third-order valence-corrected chi connectivity index (χ3v) is 19.8. The Kier molecular flexibility index (Phi) is 24.5. The molecule has 52 nitrogen and oxygen atoms in total. The first kappa shape index (κ1) is 92.5. The minimum Gasteiger partial charge on any atom is -0.504 e. The molecule has 52 heteroatoms. The first-order valence-corrected chi connectivity index (χ1v) is 36.9. The summed E-state index contributed by atoms with van der Waals surface area (Å²) in [6, 6.07) is 5.87. The van der Waals surface area contributed by atoms with E-state index in [4.69, 9.17) is 61.6 Å². The van der Waals surface area contributed by atoms with Crippen LogP contribution < -0.4 is 4.74 Å². The Balaban J connectivity index is 0.985. The molecule has 29 N–H and O–H groups in total. The quantitative estimate of drug-likeness (QED) is 0.0311. The van der Waals surface area contributed by atoms with Crippen LogP contribution in [0.15, 0.2) is 103 Å². The van der Waals surface area contributed by atoms with E-state index in [0.717, 1.165) is 0 Å². The largest absolute Gasteiger partial charge is 0.504 e. The molecule has 10 aromatic rings. The van der Waals surface area contributed by atoms with Gasteiger partial charge in [0.1, 0.15) is 31.0 Å². The Morgan fingerprint density at radius 2 is 0.567 bits per heavy atom. The number of phenolic OH excluding ortho intramolecular Hbond substituents is 29. The minimum absolute atomic E-state index is 0.0442. The van der Waals surface area contributed by atoms with Crippen LogP contribution in [0.5, 0.6) is 178 Å². The molecule has 0 aromatic heterocycles. The van der Waals surface area contributed by atoms with E-state index < -0.39 is 379 Å². The van der Waals surface area contributed by atoms with E-state index in [1.54, 1.807) is 0 Å². The molecule has 0 spiro atoms. The van der Waals surface area contributed by atoms with E-state index in [-0.39, 0.29) is 18.2 Å². The molecule has 3 aliphatic heterocycles. The zero-order valence-electron chi connectivity index (χ0n) is 65.9. The van der Waals surface area contributed by atoms with Gasteiger partial charge in [-0.25, -0.2) is 47.9 Å². The van der Waals surface area contributed by atoms with Crippen LogP contribution >= 0.6 is 0 Å². The lowest BCUT2D eigenvalue weighted by atomic mass is 9.91. The summed E-state index contributed by atoms with van der Waals surface area (Å²) in [5, 5.41) is 312. The van der Waals surface area contributed by atoms with Crippen molar-refractivity contribution in [3.63, 3.8) is 0 Å². The number of ether oxygens (including phenoxy) is 13. The first-order valence-electron chi connectivity index (χ1n) is 36.9. The van der Waals surface area contributed by atoms with E-state index >= 15 is 9.59 Å². The highest BCUT2D eigenvalue weighted by atomic mass is 16.8. The predicted molar refractivity (Wildman–Crippen MR) is 416 cm³/mol. The number of esters is 10. The SMILES string of the molecule is O=C(OC[C@@H]1O[C@@H](OC(=O)c2cc(O)c(O)c(O)c2)[C@@H](OC(=O)c2cc(O)c(O)c(O)c2)[C@@H](OC(=O)c2cc(O)c(O)c(O)c2)[C@@H]1OC(=O)c1cc(O)c(O)c(O)c1Oc1cc2c(c(O)c1O)-c1c(cc(O)c(O)c1O)C(=O)OC[C@@H]1O[C@@H](OC(=O)c3cc(O)c(O)c(O)c3)[C@@H](OC(=O)c3cc(O)c(O)c(O)c3)[C@@H](OC(=O)c3cc(O)c(O)c(O)c3)[C@@H]1OC2=O)c1cc(O)c(O)c(O)c1. The van der Waals surface area contributed by atoms with Crippen LogP contribution in [-0.2, 0) is 56.8 Å². The average molecular weight is 1880 g/mol. The molecule has 0 unspecified atom stereocenters. The van der Waals surface area contributed by atoms with E-state index in [9.17, 15) is 186 Å². The van der Waals surface area contributed by atoms with E-state index in [0.29, 0.717) is 84.9 Å². The molecule has 13 rings (SSSR count). The third kappa shape index (κ3) is 17.6. The lowest BCUT2D eigenvalue weighted by molar-refractivity contribution is -0.283. The molecule has 0 bridgehead atoms. The van der Waals surface area contributed by atoms with Crippen molar-refractivity contribution in [3.05, 3.63) is 159 Å². The Hall–Kier alpha value is -19.2. The Labute approximate surface area is 737 Å². The van der Waals surface area contributed by atoms with Crippen molar-refractivity contribution >= 4 is 59.7 Å². The summed E-state index contributed by atoms with van der Waals surface area (Å²) in [7, 11) is 0. The normalized spacial score (nSPS) is 18.4. The zero-order chi connectivity index (χ0) is 98.0. The smallest absolute Gasteiger partial charge is 0.342 e. The van der Waals surface area contributed by atoms with Gasteiger partial charge in [-0.05, 0) is 91.0 Å². The van der Waals surface area contributed by atoms with Gasteiger partial charge in [-0.1, -0.05) is 0 Å². The zero-order valence-corrected chi connectivity index (χ0v) is 65.9. The molecule has 3 heterocycles. The van der Waals surface area contributed by atoms with Gasteiger partial charge in [-0.2, -0.15) is 0 Å². The highest BCUT2D eigenvalue weighted by molar-refractivity contribution is 6.09. The summed E-state index contributed by atoms with van der Waals surface area (Å²) in [6.07, 6.45) is -28.9. The van der Waals surface area contributed by atoms with Crippen molar-refractivity contribution in [2.45, 2.75) is 61.4 Å². The van der Waals surface area contributed by atoms with Crippen molar-refractivity contribution in [1.82, 2.24) is 0 Å². The van der Waals surface area contributed by atoms with Crippen molar-refractivity contribution in [2.24, 2.45) is 0 Å². The molecule has 2 saturated heterocycles. The summed E-state index contributed by atoms with van der Waals surface area (Å²) in [4.78, 5) is 148. The maximum atomic E-state index is 15.9. The topological polar surface area (TPSA) is 877 Å². The summed E-state index contributed by atoms with van der Waals surface area (Å²) in [5.41, 5.74) is -14.8. The molecule has 10 aromatic carbocycles. The molecule has 134 heavy (non-hydrogen) atoms. The minimum atomic E-state index is -3.05. The van der Waals surface area contributed by atoms with E-state index in [1.165, 1.54) is 0 Å². The average Bonchev–Trinajstić information content (AvgIpc) is 1.72. The Bertz CT molecular complexity index is 6470. The van der Waals surface area contributed by atoms with Gasteiger partial charge in [0.05, 0.1) is 50.1 Å². The fourth-order valence-electron chi connectivity index (χ4n) is 13.2. The van der Waals surface area contributed by atoms with Crippen LogP contribution in [0, 0.1) is 0 Å². The van der Waals surface area contributed by atoms with Crippen molar-refractivity contribution < 1.29 is 258 Å². The van der Waals surface area contributed by atoms with Gasteiger partial charge < -0.3 is 210 Å². The van der Waals surface area contributed by atoms with Crippen LogP contribution in [0.1, 0.15) is 104 Å². The second-order valence-electron chi connectivity index (χ2n) is 28.4. The Morgan fingerprint density at radius 1 is 0.276 bits per heavy atom. The van der Waals surface area contributed by atoms with E-state index in [1.807, 2.05) is 0 Å². The van der Waals surface area contributed by atoms with Crippen LogP contribution in [-0.4, -0.2) is 282 Å². The molecule has 2 fully saturated rings. The number of hydrogen-bond donors (Lipinski definition) is 29. The number of rotatable bonds is 19. The summed E-state index contributed by atoms with van der Waals surface area (Å²) in [6.45, 7) is -3.25. The standard InChI is InChI=1S/C82H60O52/c83-30-1-20(2-31(84)51(30)99)71(112)122-18-47-66(68(130-73(114)22-5-34(87)53(101)35(88)6-22)70(132-75(116)24-9-38(91)55(103)39(92)10-24)81(125-47)133-76(117)25-11-40(93)56(104)41(94)12-25)128-80(121)29-16-45(98)59(107)63(111)64(29)124-46-17-28-50(62(110)60(46)108)49-27(15-44(97)58(106)61(49)109)78(119)123-19-48-65(127-79(28)120)67(129-72(113)21-3-32(85)52(100)33(86)4-21)69(131-74(115)23-7-36(89)54(102)37(90)8-23)82(126-48)134-77(118)26-13-42(95)57(105)43(96)14-26/h1-17,47-48,65-70,81-111H,18-19H2/t47-,48-,65+,66+,67-,68-,69-,70-,81-,82-/m0/s1. The van der Waals surface area contributed by atoms with Gasteiger partial charge in [-0.15, -0.1) is 0 Å². The highest BCUT2D eigenvalue weighted by Crippen LogP contribution is 2.57. The van der Waals surface area contributed by atoms with Crippen LogP contribution in [0.4, 0.5) is 0 Å². The molecule has 0 radical (unpaired) electrons. The van der Waals surface area contributed by atoms with Crippen LogP contribution in [0.25, 0.3) is 11.1 Å². The number of phenols is 29. The number of cyclic esters (lactones) is 1. The number of carbonyl (C=O) groups is 10. The van der Waals surface area contributed by atoms with Crippen molar-refractivity contribution in [3.8, 4) is 189 Å². The van der Waals surface area contributed by atoms with E-state index in [2.05, 4.69) is 0 Å². The van der Waals surface area contributed by atoms with Gasteiger partial charge in [0, 0.05) is 23.3 Å². The summed E-state index contributed by atoms with van der Waals surface area (Å²) >= 11 is 0.